The summed E-state index contributed by atoms with van der Waals surface area (Å²) in [5.41, 5.74) is 0.0858. The Bertz CT molecular complexity index is 2280. The first kappa shape index (κ1) is 38.8. The molecule has 308 valence electrons. The standard InChI is InChI=1S/C45H54N4O9/c1-8-42-14-11-16-49-17-15-43(37(42)49)31-19-32(35(55-5)20-34(31)47(4)38(43)45(54,41(53)57-7)39(42)58-26(3)51)44(40(52)56-6)21-27-18-28(25(2)50)23-48(22-27)24-30-29-12-9-10-13-33(29)46-36(30)44/h9-14,18-20,25,27,37-39,46,50,54H,8,15-17,21-24H2,1-7H3/t25?,27?,37-,38+,39+,42+,43?,44-,45?/m0/s1. The van der Waals surface area contributed by atoms with E-state index in [2.05, 4.69) is 33.0 Å². The fourth-order valence-corrected chi connectivity index (χ4v) is 12.8. The Morgan fingerprint density at radius 1 is 1.03 bits per heavy atom. The van der Waals surface area contributed by atoms with Gasteiger partial charge in [-0.25, -0.2) is 4.79 Å². The smallest absolute Gasteiger partial charge is 0.344 e. The average Bonchev–Trinajstić information content (AvgIpc) is 3.87. The molecular weight excluding hydrogens is 741 g/mol. The molecule has 13 heteroatoms. The number of rotatable bonds is 7. The van der Waals surface area contributed by atoms with Crippen LogP contribution in [-0.2, 0) is 46.0 Å². The highest BCUT2D eigenvalue weighted by atomic mass is 16.6. The van der Waals surface area contributed by atoms with Crippen molar-refractivity contribution in [3.63, 3.8) is 0 Å². The minimum Gasteiger partial charge on any atom is -0.496 e. The molecule has 2 aromatic carbocycles. The molecule has 6 aliphatic rings. The van der Waals surface area contributed by atoms with Crippen LogP contribution in [0.4, 0.5) is 5.69 Å². The van der Waals surface area contributed by atoms with Crippen molar-refractivity contribution in [1.29, 1.82) is 0 Å². The summed E-state index contributed by atoms with van der Waals surface area (Å²) >= 11 is 0. The summed E-state index contributed by atoms with van der Waals surface area (Å²) in [5, 5.41) is 25.2. The van der Waals surface area contributed by atoms with Crippen LogP contribution in [0.2, 0.25) is 0 Å². The monoisotopic (exact) mass is 794 g/mol. The van der Waals surface area contributed by atoms with Crippen LogP contribution in [0.25, 0.3) is 10.9 Å². The topological polar surface area (TPSA) is 154 Å². The van der Waals surface area contributed by atoms with Crippen LogP contribution in [0.1, 0.15) is 62.4 Å². The number of aliphatic hydroxyl groups excluding tert-OH is 1. The summed E-state index contributed by atoms with van der Waals surface area (Å²) < 4.78 is 23.8. The first-order valence-corrected chi connectivity index (χ1v) is 20.4. The number of H-pyrrole nitrogens is 1. The van der Waals surface area contributed by atoms with Crippen molar-refractivity contribution < 1.29 is 43.5 Å². The van der Waals surface area contributed by atoms with Gasteiger partial charge in [-0.2, -0.15) is 0 Å². The minimum atomic E-state index is -2.30. The summed E-state index contributed by atoms with van der Waals surface area (Å²) in [6.45, 7) is 8.21. The van der Waals surface area contributed by atoms with Crippen LogP contribution < -0.4 is 9.64 Å². The van der Waals surface area contributed by atoms with Crippen LogP contribution >= 0.6 is 0 Å². The quantitative estimate of drug-likeness (QED) is 0.182. The molecule has 2 bridgehead atoms. The molecule has 0 amide bonds. The zero-order valence-electron chi connectivity index (χ0n) is 34.3. The molecule has 6 heterocycles. The van der Waals surface area contributed by atoms with Crippen LogP contribution in [-0.4, -0.2) is 127 Å². The number of methoxy groups -OCH3 is 3. The van der Waals surface area contributed by atoms with Gasteiger partial charge in [-0.15, -0.1) is 0 Å². The fourth-order valence-electron chi connectivity index (χ4n) is 12.8. The Balaban J connectivity index is 1.37. The van der Waals surface area contributed by atoms with E-state index >= 15 is 4.79 Å². The van der Waals surface area contributed by atoms with E-state index in [1.807, 2.05) is 55.3 Å². The van der Waals surface area contributed by atoms with Crippen molar-refractivity contribution in [3.8, 4) is 5.75 Å². The number of para-hydroxylation sites is 1. The highest BCUT2D eigenvalue weighted by molar-refractivity contribution is 5.95. The first-order chi connectivity index (χ1) is 27.8. The van der Waals surface area contributed by atoms with Gasteiger partial charge in [0.2, 0.25) is 5.60 Å². The van der Waals surface area contributed by atoms with Crippen molar-refractivity contribution in [3.05, 3.63) is 82.6 Å². The predicted octanol–water partition coefficient (Wildman–Crippen LogP) is 3.72. The van der Waals surface area contributed by atoms with Crippen molar-refractivity contribution in [2.75, 3.05) is 59.5 Å². The van der Waals surface area contributed by atoms with Crippen molar-refractivity contribution in [2.45, 2.75) is 87.3 Å². The number of hydrogen-bond donors (Lipinski definition) is 3. The number of ether oxygens (including phenoxy) is 4. The third-order valence-electron chi connectivity index (χ3n) is 14.8. The van der Waals surface area contributed by atoms with Crippen LogP contribution in [0.5, 0.6) is 5.75 Å². The maximum Gasteiger partial charge on any atom is 0.344 e. The number of nitrogens with zero attached hydrogens (tertiary/aromatic N) is 3. The summed E-state index contributed by atoms with van der Waals surface area (Å²) in [7, 11) is 6.12. The minimum absolute atomic E-state index is 0.148. The molecule has 3 aromatic rings. The van der Waals surface area contributed by atoms with E-state index in [4.69, 9.17) is 18.9 Å². The first-order valence-electron chi connectivity index (χ1n) is 20.4. The van der Waals surface area contributed by atoms with Gasteiger partial charge in [-0.1, -0.05) is 43.4 Å². The van der Waals surface area contributed by atoms with Gasteiger partial charge in [0.05, 0.1) is 33.5 Å². The highest BCUT2D eigenvalue weighted by Gasteiger charge is 2.80. The summed E-state index contributed by atoms with van der Waals surface area (Å²) in [4.78, 5) is 52.9. The molecule has 10 atom stereocenters. The maximum absolute atomic E-state index is 15.2. The average molecular weight is 795 g/mol. The molecular formula is C45H54N4O9. The van der Waals surface area contributed by atoms with Gasteiger partial charge in [0.1, 0.15) is 11.2 Å². The normalized spacial score (nSPS) is 35.1. The largest absolute Gasteiger partial charge is 0.496 e. The number of benzene rings is 2. The van der Waals surface area contributed by atoms with Crippen molar-refractivity contribution in [1.82, 2.24) is 14.8 Å². The third kappa shape index (κ3) is 4.87. The zero-order chi connectivity index (χ0) is 41.1. The lowest BCUT2D eigenvalue weighted by Crippen LogP contribution is -2.81. The second-order valence-electron chi connectivity index (χ2n) is 17.4. The van der Waals surface area contributed by atoms with E-state index in [1.165, 1.54) is 21.1 Å². The molecule has 0 radical (unpaired) electrons. The molecule has 1 aromatic heterocycles. The summed E-state index contributed by atoms with van der Waals surface area (Å²) in [6.07, 6.45) is 5.63. The number of carbonyl (C=O) groups is 3. The number of nitrogens with one attached hydrogen (secondary N) is 1. The van der Waals surface area contributed by atoms with Gasteiger partial charge >= 0.3 is 17.9 Å². The molecule has 58 heavy (non-hydrogen) atoms. The molecule has 1 spiro atoms. The Morgan fingerprint density at radius 3 is 2.48 bits per heavy atom. The number of esters is 3. The summed E-state index contributed by atoms with van der Waals surface area (Å²) in [6, 6.07) is 10.9. The van der Waals surface area contributed by atoms with E-state index in [9.17, 15) is 19.8 Å². The van der Waals surface area contributed by atoms with E-state index in [0.29, 0.717) is 63.3 Å². The lowest BCUT2D eigenvalue weighted by atomic mass is 9.47. The van der Waals surface area contributed by atoms with Gasteiger partial charge in [-0.3, -0.25) is 19.4 Å². The van der Waals surface area contributed by atoms with Gasteiger partial charge in [0, 0.05) is 90.9 Å². The van der Waals surface area contributed by atoms with E-state index < -0.39 is 58.0 Å². The number of hydrogen-bond acceptors (Lipinski definition) is 12. The SMILES string of the molecule is CC[C@]12C=CCN3CCC4(c5cc([C@@]6(C(=O)OC)CC7C=C(C(C)O)CN(Cc8c6[nH]c6ccccc86)C7)c(OC)cc5N(C)[C@H]4C(O)(C(=O)OC)[C@@H]1OC(C)=O)[C@@H]32. The Hall–Kier alpha value is -4.69. The van der Waals surface area contributed by atoms with Crippen molar-refractivity contribution in [2.24, 2.45) is 11.3 Å². The number of anilines is 1. The van der Waals surface area contributed by atoms with E-state index in [-0.39, 0.29) is 12.0 Å². The molecule has 3 N–H and O–H groups in total. The number of carbonyl (C=O) groups excluding carboxylic acids is 3. The predicted molar refractivity (Wildman–Crippen MR) is 215 cm³/mol. The fraction of sp³-hybridized carbons (Fsp3) is 0.533. The second kappa shape index (κ2) is 13.4. The number of aromatic amines is 1. The number of likely N-dealkylation sites (N-methyl/N-ethyl adjacent to an activating group) is 1. The van der Waals surface area contributed by atoms with Crippen LogP contribution in [0.15, 0.2) is 60.2 Å². The lowest BCUT2D eigenvalue weighted by Gasteiger charge is -2.63. The number of aliphatic hydroxyl groups is 2. The van der Waals surface area contributed by atoms with Gasteiger partial charge < -0.3 is 39.0 Å². The molecule has 1 saturated carbocycles. The van der Waals surface area contributed by atoms with Crippen LogP contribution in [0, 0.1) is 11.3 Å². The lowest BCUT2D eigenvalue weighted by molar-refractivity contribution is -0.228. The van der Waals surface area contributed by atoms with Gasteiger partial charge in [-0.05, 0) is 67.5 Å². The maximum atomic E-state index is 15.2. The van der Waals surface area contributed by atoms with Gasteiger partial charge in [0.25, 0.3) is 0 Å². The Kier molecular flexibility index (Phi) is 8.98. The van der Waals surface area contributed by atoms with Crippen molar-refractivity contribution >= 4 is 34.5 Å². The molecule has 13 nitrogen and oxygen atoms in total. The second-order valence-corrected chi connectivity index (χ2v) is 17.4. The highest BCUT2D eigenvalue weighted by Crippen LogP contribution is 2.68. The van der Waals surface area contributed by atoms with E-state index in [0.717, 1.165) is 39.0 Å². The summed E-state index contributed by atoms with van der Waals surface area (Å²) in [5.74, 6) is -1.64. The molecule has 1 aliphatic carbocycles. The molecule has 9 rings (SSSR count). The van der Waals surface area contributed by atoms with Crippen LogP contribution in [0.3, 0.4) is 0 Å². The zero-order valence-corrected chi connectivity index (χ0v) is 34.3. The molecule has 5 aliphatic heterocycles. The molecule has 5 unspecified atom stereocenters. The Labute approximate surface area is 338 Å². The third-order valence-corrected chi connectivity index (χ3v) is 14.8. The number of fused-ring (bicyclic) bond motifs is 6. The Morgan fingerprint density at radius 2 is 1.79 bits per heavy atom. The molecule has 2 fully saturated rings. The molecule has 1 saturated heterocycles. The number of aromatic nitrogens is 1. The van der Waals surface area contributed by atoms with Gasteiger partial charge in [0.15, 0.2) is 6.10 Å². The van der Waals surface area contributed by atoms with E-state index in [1.54, 1.807) is 14.0 Å².